The highest BCUT2D eigenvalue weighted by molar-refractivity contribution is 8.00. The number of aromatic amines is 1. The highest BCUT2D eigenvalue weighted by Crippen LogP contribution is 2.26. The fraction of sp³-hybridized carbons (Fsp3) is 0.227. The van der Waals surface area contributed by atoms with Gasteiger partial charge >= 0.3 is 0 Å². The summed E-state index contributed by atoms with van der Waals surface area (Å²) in [5, 5.41) is 12.3. The van der Waals surface area contributed by atoms with Crippen molar-refractivity contribution >= 4 is 51.2 Å². The Balaban J connectivity index is 1.47. The molecule has 0 aliphatic heterocycles. The smallest absolute Gasteiger partial charge is 0.226 e. The maximum Gasteiger partial charge on any atom is 0.226 e. The van der Waals surface area contributed by atoms with Crippen LogP contribution in [0.15, 0.2) is 53.7 Å². The van der Waals surface area contributed by atoms with Crippen LogP contribution < -0.4 is 5.32 Å². The van der Waals surface area contributed by atoms with Gasteiger partial charge in [-0.25, -0.2) is 4.98 Å². The zero-order chi connectivity index (χ0) is 21.3. The Kier molecular flexibility index (Phi) is 5.50. The molecule has 0 aliphatic rings. The summed E-state index contributed by atoms with van der Waals surface area (Å²) < 4.78 is 0. The Morgan fingerprint density at radius 2 is 1.73 bits per heavy atom. The molecule has 2 aromatic heterocycles. The molecule has 2 heterocycles. The van der Waals surface area contributed by atoms with E-state index in [1.165, 1.54) is 11.8 Å². The number of aromatic nitrogens is 4. The maximum absolute atomic E-state index is 12.8. The van der Waals surface area contributed by atoms with Gasteiger partial charge in [0.2, 0.25) is 11.1 Å². The average Bonchev–Trinajstić information content (AvgIpc) is 3.11. The van der Waals surface area contributed by atoms with Gasteiger partial charge in [0.25, 0.3) is 0 Å². The van der Waals surface area contributed by atoms with Gasteiger partial charge in [-0.1, -0.05) is 43.8 Å². The Morgan fingerprint density at radius 1 is 1.00 bits per heavy atom. The van der Waals surface area contributed by atoms with E-state index in [0.29, 0.717) is 27.6 Å². The first-order valence-corrected chi connectivity index (χ1v) is 10.5. The first kappa shape index (κ1) is 20.0. The SMILES string of the molecule is CC(C)C(=O)Nc1ccc(C(=O)[C@@H](C)Sc2nnc3c(n2)[nH]c2ccccc23)cc1. The maximum atomic E-state index is 12.8. The number of fused-ring (bicyclic) bond motifs is 3. The fourth-order valence-corrected chi connectivity index (χ4v) is 3.80. The molecule has 2 N–H and O–H groups in total. The van der Waals surface area contributed by atoms with E-state index in [1.807, 2.05) is 45.0 Å². The van der Waals surface area contributed by atoms with Gasteiger partial charge in [0.1, 0.15) is 5.52 Å². The van der Waals surface area contributed by atoms with Crippen molar-refractivity contribution in [3.8, 4) is 0 Å². The van der Waals surface area contributed by atoms with E-state index in [9.17, 15) is 9.59 Å². The van der Waals surface area contributed by atoms with Crippen molar-refractivity contribution in [2.45, 2.75) is 31.2 Å². The molecule has 2 aromatic carbocycles. The van der Waals surface area contributed by atoms with Gasteiger partial charge in [0, 0.05) is 28.1 Å². The summed E-state index contributed by atoms with van der Waals surface area (Å²) in [5.74, 6) is -0.206. The van der Waals surface area contributed by atoms with Crippen LogP contribution in [-0.2, 0) is 4.79 Å². The largest absolute Gasteiger partial charge is 0.338 e. The van der Waals surface area contributed by atoms with Gasteiger partial charge in [-0.3, -0.25) is 9.59 Å². The molecule has 1 amide bonds. The number of nitrogens with zero attached hydrogens (tertiary/aromatic N) is 3. The van der Waals surface area contributed by atoms with E-state index in [-0.39, 0.29) is 22.9 Å². The molecule has 4 rings (SSSR count). The van der Waals surface area contributed by atoms with Crippen molar-refractivity contribution in [2.24, 2.45) is 5.92 Å². The number of carbonyl (C=O) groups is 2. The number of amides is 1. The second-order valence-corrected chi connectivity index (χ2v) is 8.62. The molecule has 0 spiro atoms. The van der Waals surface area contributed by atoms with Crippen molar-refractivity contribution in [1.82, 2.24) is 20.2 Å². The third-order valence-corrected chi connectivity index (χ3v) is 5.67. The predicted octanol–water partition coefficient (Wildman–Crippen LogP) is 4.46. The minimum Gasteiger partial charge on any atom is -0.338 e. The molecule has 8 heteroatoms. The van der Waals surface area contributed by atoms with Gasteiger partial charge in [-0.15, -0.1) is 10.2 Å². The quantitative estimate of drug-likeness (QED) is 0.353. The van der Waals surface area contributed by atoms with Crippen molar-refractivity contribution < 1.29 is 9.59 Å². The molecule has 0 unspecified atom stereocenters. The van der Waals surface area contributed by atoms with Crippen molar-refractivity contribution in [1.29, 1.82) is 0 Å². The van der Waals surface area contributed by atoms with Crippen LogP contribution in [0.2, 0.25) is 0 Å². The Hall–Kier alpha value is -3.26. The Bertz CT molecular complexity index is 1230. The van der Waals surface area contributed by atoms with Crippen LogP contribution in [0.25, 0.3) is 22.1 Å². The monoisotopic (exact) mass is 419 g/mol. The van der Waals surface area contributed by atoms with Gasteiger partial charge in [-0.2, -0.15) is 0 Å². The number of hydrogen-bond acceptors (Lipinski definition) is 6. The van der Waals surface area contributed by atoms with Crippen LogP contribution in [0, 0.1) is 5.92 Å². The molecule has 0 aliphatic carbocycles. The lowest BCUT2D eigenvalue weighted by molar-refractivity contribution is -0.118. The Morgan fingerprint density at radius 3 is 2.47 bits per heavy atom. The third kappa shape index (κ3) is 4.04. The van der Waals surface area contributed by atoms with E-state index in [0.717, 1.165) is 10.9 Å². The molecule has 0 fully saturated rings. The Labute approximate surface area is 177 Å². The zero-order valence-electron chi connectivity index (χ0n) is 16.8. The van der Waals surface area contributed by atoms with Gasteiger partial charge in [0.15, 0.2) is 11.4 Å². The lowest BCUT2D eigenvalue weighted by atomic mass is 10.1. The summed E-state index contributed by atoms with van der Waals surface area (Å²) in [7, 11) is 0. The second-order valence-electron chi connectivity index (χ2n) is 7.31. The number of Topliss-reactive ketones (excluding diaryl/α,β-unsaturated/α-hetero) is 1. The van der Waals surface area contributed by atoms with E-state index < -0.39 is 0 Å². The highest BCUT2D eigenvalue weighted by Gasteiger charge is 2.19. The molecule has 1 atom stereocenters. The number of rotatable bonds is 6. The third-order valence-electron chi connectivity index (χ3n) is 4.72. The summed E-state index contributed by atoms with van der Waals surface area (Å²) in [4.78, 5) is 32.4. The molecule has 0 saturated heterocycles. The minimum absolute atomic E-state index is 0.0397. The molecule has 0 radical (unpaired) electrons. The summed E-state index contributed by atoms with van der Waals surface area (Å²) in [6, 6.07) is 14.7. The topological polar surface area (TPSA) is 101 Å². The highest BCUT2D eigenvalue weighted by atomic mass is 32.2. The number of para-hydroxylation sites is 1. The van der Waals surface area contributed by atoms with E-state index in [2.05, 4.69) is 25.5 Å². The first-order chi connectivity index (χ1) is 14.4. The zero-order valence-corrected chi connectivity index (χ0v) is 17.7. The molecule has 152 valence electrons. The number of hydrogen-bond donors (Lipinski definition) is 2. The fourth-order valence-electron chi connectivity index (χ4n) is 3.01. The number of H-pyrrole nitrogens is 1. The minimum atomic E-state index is -0.385. The van der Waals surface area contributed by atoms with Gasteiger partial charge in [0.05, 0.1) is 5.25 Å². The van der Waals surface area contributed by atoms with Crippen LogP contribution in [0.3, 0.4) is 0 Å². The number of ketones is 1. The molecular formula is C22H21N5O2S. The molecule has 0 bridgehead atoms. The van der Waals surface area contributed by atoms with Crippen LogP contribution in [0.4, 0.5) is 5.69 Å². The van der Waals surface area contributed by atoms with Gasteiger partial charge in [-0.05, 0) is 37.3 Å². The average molecular weight is 420 g/mol. The van der Waals surface area contributed by atoms with E-state index in [4.69, 9.17) is 0 Å². The van der Waals surface area contributed by atoms with Crippen molar-refractivity contribution in [3.63, 3.8) is 0 Å². The number of thioether (sulfide) groups is 1. The van der Waals surface area contributed by atoms with E-state index in [1.54, 1.807) is 24.3 Å². The number of carbonyl (C=O) groups excluding carboxylic acids is 2. The summed E-state index contributed by atoms with van der Waals surface area (Å²) >= 11 is 1.27. The van der Waals surface area contributed by atoms with Crippen LogP contribution in [0.5, 0.6) is 0 Å². The van der Waals surface area contributed by atoms with E-state index >= 15 is 0 Å². The molecule has 0 saturated carbocycles. The van der Waals surface area contributed by atoms with Crippen molar-refractivity contribution in [2.75, 3.05) is 5.32 Å². The van der Waals surface area contributed by atoms with Crippen LogP contribution >= 0.6 is 11.8 Å². The summed E-state index contributed by atoms with van der Waals surface area (Å²) in [6.45, 7) is 5.48. The number of anilines is 1. The van der Waals surface area contributed by atoms with Crippen LogP contribution in [0.1, 0.15) is 31.1 Å². The predicted molar refractivity (Wildman–Crippen MR) is 119 cm³/mol. The summed E-state index contributed by atoms with van der Waals surface area (Å²) in [6.07, 6.45) is 0. The normalized spacial score (nSPS) is 12.4. The van der Waals surface area contributed by atoms with Crippen molar-refractivity contribution in [3.05, 3.63) is 54.1 Å². The number of nitrogens with one attached hydrogen (secondary N) is 2. The first-order valence-electron chi connectivity index (χ1n) is 9.65. The lowest BCUT2D eigenvalue weighted by Gasteiger charge is -2.11. The summed E-state index contributed by atoms with van der Waals surface area (Å²) in [5.41, 5.74) is 3.55. The van der Waals surface area contributed by atoms with Crippen LogP contribution in [-0.4, -0.2) is 37.1 Å². The standard InChI is InChI=1S/C22H21N5O2S/c1-12(2)21(29)23-15-10-8-14(9-11-15)19(28)13(3)30-22-25-20-18(26-27-22)16-6-4-5-7-17(16)24-20/h4-13H,1-3H3,(H,23,29)(H,24,25,27)/t13-/m1/s1. The molecule has 4 aromatic rings. The number of benzene rings is 2. The molecule has 30 heavy (non-hydrogen) atoms. The molecule has 7 nitrogen and oxygen atoms in total. The van der Waals surface area contributed by atoms with Gasteiger partial charge < -0.3 is 10.3 Å². The molecular weight excluding hydrogens is 398 g/mol. The lowest BCUT2D eigenvalue weighted by Crippen LogP contribution is -2.18. The second kappa shape index (κ2) is 8.23.